The van der Waals surface area contributed by atoms with E-state index in [9.17, 15) is 0 Å². The van der Waals surface area contributed by atoms with Crippen molar-refractivity contribution in [1.29, 1.82) is 0 Å². The van der Waals surface area contributed by atoms with Crippen LogP contribution in [0.3, 0.4) is 0 Å². The van der Waals surface area contributed by atoms with Gasteiger partial charge in [0.2, 0.25) is 0 Å². The Labute approximate surface area is 41.7 Å². The van der Waals surface area contributed by atoms with Crippen LogP contribution in [0.15, 0.2) is 0 Å². The molecule has 0 rings (SSSR count). The van der Waals surface area contributed by atoms with E-state index in [2.05, 4.69) is 20.8 Å². The Balaban J connectivity index is 0. The third-order valence-corrected chi connectivity index (χ3v) is 0. The monoisotopic (exact) mass is 108 g/mol. The summed E-state index contributed by atoms with van der Waals surface area (Å²) in [6, 6.07) is 0. The van der Waals surface area contributed by atoms with Crippen LogP contribution in [0.25, 0.3) is 0 Å². The Hall–Kier alpha value is 0.147. The molecule has 0 nitrogen and oxygen atoms in total. The van der Waals surface area contributed by atoms with Gasteiger partial charge < -0.3 is 0 Å². The van der Waals surface area contributed by atoms with E-state index in [1.54, 1.807) is 0 Å². The van der Waals surface area contributed by atoms with Gasteiger partial charge in [-0.1, -0.05) is 25.8 Å². The van der Waals surface area contributed by atoms with Gasteiger partial charge in [-0.25, -0.2) is 0 Å². The van der Waals surface area contributed by atoms with Crippen LogP contribution in [-0.2, 0) is 0 Å². The van der Waals surface area contributed by atoms with Gasteiger partial charge in [0.25, 0.3) is 0 Å². The van der Waals surface area contributed by atoms with Crippen molar-refractivity contribution in [2.45, 2.75) is 25.8 Å². The molecule has 0 saturated carbocycles. The minimum atomic E-state index is 0. The third-order valence-electron chi connectivity index (χ3n) is 0. The van der Waals surface area contributed by atoms with Gasteiger partial charge >= 0.3 is 0 Å². The lowest BCUT2D eigenvalue weighted by Gasteiger charge is -2.05. The molecule has 0 aromatic heterocycles. The van der Waals surface area contributed by atoms with E-state index in [0.717, 1.165) is 0 Å². The fourth-order valence-electron chi connectivity index (χ4n) is 0. The Kier molecular flexibility index (Phi) is 3.70. The first kappa shape index (κ1) is 9.47. The van der Waals surface area contributed by atoms with Crippen LogP contribution < -0.4 is 0 Å². The van der Waals surface area contributed by atoms with Gasteiger partial charge in [-0.2, -0.15) is 0 Å². The fraction of sp³-hybridized carbons (Fsp3) is 1.00. The minimum absolute atomic E-state index is 0. The Bertz CT molecular complexity index is 23.0. The zero-order valence-corrected chi connectivity index (χ0v) is 6.91. The first-order chi connectivity index (χ1) is 2.00. The molecule has 0 unspecified atom stereocenters. The topological polar surface area (TPSA) is 0 Å². The second-order valence-electron chi connectivity index (χ2n) is 3.00. The van der Waals surface area contributed by atoms with Gasteiger partial charge in [0, 0.05) is 10.2 Å². The molecule has 0 aliphatic carbocycles. The molecule has 0 N–H and O–H groups in total. The summed E-state index contributed by atoms with van der Waals surface area (Å²) < 4.78 is 0. The second-order valence-corrected chi connectivity index (χ2v) is 6.00. The highest BCUT2D eigenvalue weighted by molar-refractivity contribution is 6.14. The highest BCUT2D eigenvalue weighted by Crippen LogP contribution is 2.13. The van der Waals surface area contributed by atoms with Gasteiger partial charge in [-0.3, -0.25) is 4.70 Å². The molecular formula is C4H13FSi. The summed E-state index contributed by atoms with van der Waals surface area (Å²) in [5.74, 6) is 0. The maximum absolute atomic E-state index is 2.25. The van der Waals surface area contributed by atoms with Crippen molar-refractivity contribution in [2.24, 2.45) is 0 Å². The van der Waals surface area contributed by atoms with Gasteiger partial charge in [-0.05, 0) is 0 Å². The summed E-state index contributed by atoms with van der Waals surface area (Å²) in [6.07, 6.45) is 0. The van der Waals surface area contributed by atoms with Crippen molar-refractivity contribution in [3.8, 4) is 0 Å². The minimum Gasteiger partial charge on any atom is -0.269 e. The Morgan fingerprint density at radius 1 is 1.17 bits per heavy atom. The van der Waals surface area contributed by atoms with E-state index in [1.807, 2.05) is 0 Å². The molecule has 0 radical (unpaired) electrons. The highest BCUT2D eigenvalue weighted by Gasteiger charge is 1.95. The van der Waals surface area contributed by atoms with Gasteiger partial charge in [0.15, 0.2) is 0 Å². The van der Waals surface area contributed by atoms with E-state index in [-0.39, 0.29) is 4.70 Å². The van der Waals surface area contributed by atoms with Crippen molar-refractivity contribution >= 4 is 10.2 Å². The fourth-order valence-corrected chi connectivity index (χ4v) is 0. The number of hydrogen-bond donors (Lipinski definition) is 0. The number of rotatable bonds is 0. The molecule has 40 valence electrons. The molecular weight excluding hydrogens is 95.1 g/mol. The maximum atomic E-state index is 2.25. The van der Waals surface area contributed by atoms with E-state index in [4.69, 9.17) is 0 Å². The van der Waals surface area contributed by atoms with Crippen LogP contribution in [0, 0.1) is 0 Å². The van der Waals surface area contributed by atoms with E-state index >= 15 is 0 Å². The maximum Gasteiger partial charge on any atom is 0.00959 e. The van der Waals surface area contributed by atoms with Gasteiger partial charge in [0.1, 0.15) is 0 Å². The highest BCUT2D eigenvalue weighted by atomic mass is 28.1. The third kappa shape index (κ3) is 1900. The van der Waals surface area contributed by atoms with Crippen LogP contribution in [0.1, 0.15) is 20.8 Å². The molecule has 0 bridgehead atoms. The summed E-state index contributed by atoms with van der Waals surface area (Å²) in [6.45, 7) is 6.75. The molecule has 0 aliphatic heterocycles. The predicted octanol–water partition coefficient (Wildman–Crippen LogP) is 0.723. The summed E-state index contributed by atoms with van der Waals surface area (Å²) in [5.41, 5.74) is 0. The SMILES string of the molecule is CC(C)(C)[SiH3].F. The van der Waals surface area contributed by atoms with Crippen molar-refractivity contribution in [3.05, 3.63) is 0 Å². The lowest BCUT2D eigenvalue weighted by atomic mass is 10.3. The largest absolute Gasteiger partial charge is 0.269 e. The molecule has 0 fully saturated rings. The molecule has 0 aliphatic rings. The van der Waals surface area contributed by atoms with Crippen LogP contribution in [0.5, 0.6) is 0 Å². The molecule has 0 aromatic carbocycles. The molecule has 6 heavy (non-hydrogen) atoms. The van der Waals surface area contributed by atoms with Gasteiger partial charge in [-0.15, -0.1) is 0 Å². The van der Waals surface area contributed by atoms with E-state index in [1.165, 1.54) is 10.2 Å². The average molecular weight is 108 g/mol. The van der Waals surface area contributed by atoms with Crippen LogP contribution in [-0.4, -0.2) is 10.2 Å². The molecule has 0 heterocycles. The molecule has 2 heteroatoms. The number of halogens is 1. The quantitative estimate of drug-likeness (QED) is 0.401. The molecule has 0 saturated heterocycles. The van der Waals surface area contributed by atoms with Crippen LogP contribution >= 0.6 is 0 Å². The van der Waals surface area contributed by atoms with E-state index in [0.29, 0.717) is 5.04 Å². The summed E-state index contributed by atoms with van der Waals surface area (Å²) in [7, 11) is 1.31. The van der Waals surface area contributed by atoms with Crippen molar-refractivity contribution in [3.63, 3.8) is 0 Å². The first-order valence-corrected chi connectivity index (χ1v) is 3.00. The van der Waals surface area contributed by atoms with Crippen LogP contribution in [0.4, 0.5) is 4.70 Å². The number of hydrogen-bond acceptors (Lipinski definition) is 0. The molecule has 0 atom stereocenters. The Morgan fingerprint density at radius 3 is 1.17 bits per heavy atom. The van der Waals surface area contributed by atoms with Crippen molar-refractivity contribution in [2.75, 3.05) is 0 Å². The molecule has 0 aromatic rings. The smallest absolute Gasteiger partial charge is 0.00959 e. The van der Waals surface area contributed by atoms with Crippen molar-refractivity contribution < 1.29 is 4.70 Å². The lowest BCUT2D eigenvalue weighted by Crippen LogP contribution is -1.90. The zero-order valence-electron chi connectivity index (χ0n) is 4.91. The lowest BCUT2D eigenvalue weighted by molar-refractivity contribution is 0.767. The molecule has 0 spiro atoms. The summed E-state index contributed by atoms with van der Waals surface area (Å²) in [4.78, 5) is 0. The summed E-state index contributed by atoms with van der Waals surface area (Å²) in [5, 5.41) is 0.639. The normalized spacial score (nSPS) is 10.5. The first-order valence-electron chi connectivity index (χ1n) is 2.00. The standard InChI is InChI=1S/C4H12Si.FH/c1-4(2,3)5;/h1-3,5H3;1H. The van der Waals surface area contributed by atoms with Crippen LogP contribution in [0.2, 0.25) is 5.04 Å². The molecule has 0 amide bonds. The predicted molar refractivity (Wildman–Crippen MR) is 32.2 cm³/mol. The van der Waals surface area contributed by atoms with Crippen molar-refractivity contribution in [1.82, 2.24) is 0 Å². The zero-order chi connectivity index (χ0) is 4.50. The average Bonchev–Trinajstić information content (AvgIpc) is 0.722. The van der Waals surface area contributed by atoms with E-state index < -0.39 is 0 Å². The second kappa shape index (κ2) is 2.34. The summed E-state index contributed by atoms with van der Waals surface area (Å²) >= 11 is 0. The Morgan fingerprint density at radius 2 is 1.17 bits per heavy atom. The van der Waals surface area contributed by atoms with Gasteiger partial charge in [0.05, 0.1) is 0 Å².